The number of rotatable bonds is 5. The van der Waals surface area contributed by atoms with Crippen molar-refractivity contribution in [1.29, 1.82) is 0 Å². The molecule has 0 saturated carbocycles. The Morgan fingerprint density at radius 2 is 1.50 bits per heavy atom. The van der Waals surface area contributed by atoms with Gasteiger partial charge in [-0.25, -0.2) is 4.79 Å². The lowest BCUT2D eigenvalue weighted by Gasteiger charge is -2.22. The van der Waals surface area contributed by atoms with Crippen LogP contribution < -0.4 is 5.32 Å². The molecule has 0 spiro atoms. The highest BCUT2D eigenvalue weighted by Gasteiger charge is 2.18. The molecular weight excluding hydrogens is 330 g/mol. The van der Waals surface area contributed by atoms with Crippen LogP contribution in [0.2, 0.25) is 0 Å². The van der Waals surface area contributed by atoms with Crippen LogP contribution in [-0.4, -0.2) is 22.6 Å². The van der Waals surface area contributed by atoms with E-state index in [0.717, 1.165) is 11.1 Å². The van der Waals surface area contributed by atoms with Gasteiger partial charge >= 0.3 is 6.09 Å². The van der Waals surface area contributed by atoms with E-state index >= 15 is 0 Å². The third-order valence-corrected chi connectivity index (χ3v) is 3.80. The zero-order valence-corrected chi connectivity index (χ0v) is 15.6. The lowest BCUT2D eigenvalue weighted by atomic mass is 9.99. The van der Waals surface area contributed by atoms with Crippen LogP contribution in [0, 0.1) is 0 Å². The second-order valence-electron chi connectivity index (χ2n) is 7.17. The first-order valence-corrected chi connectivity index (χ1v) is 8.53. The fraction of sp³-hybridized carbons (Fsp3) is 0.333. The number of aliphatic hydroxyl groups is 1. The SMILES string of the molecule is C[C@H](NC(=O)OC(C)(C)C)c1ccc(C(=O)c2ccc(CO)cc2)cc1. The average Bonchev–Trinajstić information content (AvgIpc) is 2.59. The highest BCUT2D eigenvalue weighted by atomic mass is 16.6. The van der Waals surface area contributed by atoms with E-state index in [0.29, 0.717) is 11.1 Å². The van der Waals surface area contributed by atoms with Gasteiger partial charge in [-0.2, -0.15) is 0 Å². The van der Waals surface area contributed by atoms with Crippen molar-refractivity contribution in [2.75, 3.05) is 0 Å². The van der Waals surface area contributed by atoms with Crippen molar-refractivity contribution in [2.24, 2.45) is 0 Å². The first-order chi connectivity index (χ1) is 12.2. The van der Waals surface area contributed by atoms with Crippen molar-refractivity contribution < 1.29 is 19.4 Å². The van der Waals surface area contributed by atoms with Gasteiger partial charge in [-0.3, -0.25) is 4.79 Å². The lowest BCUT2D eigenvalue weighted by Crippen LogP contribution is -2.34. The molecule has 5 nitrogen and oxygen atoms in total. The molecule has 2 N–H and O–H groups in total. The Kier molecular flexibility index (Phi) is 6.16. The number of carbonyl (C=O) groups is 2. The molecule has 0 saturated heterocycles. The van der Waals surface area contributed by atoms with Crippen LogP contribution in [0.25, 0.3) is 0 Å². The van der Waals surface area contributed by atoms with Crippen LogP contribution in [0.1, 0.15) is 60.8 Å². The van der Waals surface area contributed by atoms with E-state index in [1.54, 1.807) is 36.4 Å². The van der Waals surface area contributed by atoms with Crippen LogP contribution in [0.4, 0.5) is 4.79 Å². The van der Waals surface area contributed by atoms with Gasteiger partial charge in [-0.05, 0) is 38.8 Å². The van der Waals surface area contributed by atoms with Crippen LogP contribution in [-0.2, 0) is 11.3 Å². The number of benzene rings is 2. The zero-order chi connectivity index (χ0) is 19.3. The fourth-order valence-electron chi connectivity index (χ4n) is 2.42. The van der Waals surface area contributed by atoms with Crippen molar-refractivity contribution in [3.05, 3.63) is 70.8 Å². The Bertz CT molecular complexity index is 758. The fourth-order valence-corrected chi connectivity index (χ4v) is 2.42. The van der Waals surface area contributed by atoms with Gasteiger partial charge in [0, 0.05) is 11.1 Å². The standard InChI is InChI=1S/C21H25NO4/c1-14(22-20(25)26-21(2,3)4)16-9-11-18(12-10-16)19(24)17-7-5-15(13-23)6-8-17/h5-12,14,23H,13H2,1-4H3,(H,22,25)/t14-/m0/s1. The third-order valence-electron chi connectivity index (χ3n) is 3.80. The lowest BCUT2D eigenvalue weighted by molar-refractivity contribution is 0.0507. The molecule has 0 aliphatic rings. The predicted molar refractivity (Wildman–Crippen MR) is 100 cm³/mol. The summed E-state index contributed by atoms with van der Waals surface area (Å²) in [5, 5.41) is 11.8. The van der Waals surface area contributed by atoms with E-state index < -0.39 is 11.7 Å². The molecule has 138 valence electrons. The maximum atomic E-state index is 12.5. The van der Waals surface area contributed by atoms with E-state index in [9.17, 15) is 9.59 Å². The van der Waals surface area contributed by atoms with Gasteiger partial charge < -0.3 is 15.2 Å². The summed E-state index contributed by atoms with van der Waals surface area (Å²) < 4.78 is 5.25. The first-order valence-electron chi connectivity index (χ1n) is 8.53. The summed E-state index contributed by atoms with van der Waals surface area (Å²) >= 11 is 0. The Balaban J connectivity index is 2.04. The summed E-state index contributed by atoms with van der Waals surface area (Å²) in [6.45, 7) is 7.24. The number of aliphatic hydroxyl groups excluding tert-OH is 1. The zero-order valence-electron chi connectivity index (χ0n) is 15.6. The van der Waals surface area contributed by atoms with Gasteiger partial charge in [0.1, 0.15) is 5.60 Å². The minimum absolute atomic E-state index is 0.0499. The van der Waals surface area contributed by atoms with Crippen molar-refractivity contribution in [3.8, 4) is 0 Å². The molecular formula is C21H25NO4. The van der Waals surface area contributed by atoms with Crippen LogP contribution in [0.5, 0.6) is 0 Å². The number of ether oxygens (including phenoxy) is 1. The summed E-state index contributed by atoms with van der Waals surface area (Å²) in [5.41, 5.74) is 2.22. The van der Waals surface area contributed by atoms with E-state index in [2.05, 4.69) is 5.32 Å². The summed E-state index contributed by atoms with van der Waals surface area (Å²) in [7, 11) is 0. The molecule has 0 fully saturated rings. The summed E-state index contributed by atoms with van der Waals surface area (Å²) in [6.07, 6.45) is -0.478. The van der Waals surface area contributed by atoms with Gasteiger partial charge in [-0.1, -0.05) is 48.5 Å². The summed E-state index contributed by atoms with van der Waals surface area (Å²) in [6, 6.07) is 13.7. The Labute approximate surface area is 154 Å². The number of nitrogens with one attached hydrogen (secondary N) is 1. The molecule has 0 aliphatic carbocycles. The van der Waals surface area contributed by atoms with Crippen LogP contribution in [0.15, 0.2) is 48.5 Å². The Morgan fingerprint density at radius 1 is 1.00 bits per heavy atom. The minimum Gasteiger partial charge on any atom is -0.444 e. The number of ketones is 1. The molecule has 2 aromatic rings. The van der Waals surface area contributed by atoms with Crippen molar-refractivity contribution in [3.63, 3.8) is 0 Å². The highest BCUT2D eigenvalue weighted by molar-refractivity contribution is 6.09. The number of hydrogen-bond donors (Lipinski definition) is 2. The number of carbonyl (C=O) groups excluding carboxylic acids is 2. The number of hydrogen-bond acceptors (Lipinski definition) is 4. The van der Waals surface area contributed by atoms with E-state index in [4.69, 9.17) is 9.84 Å². The van der Waals surface area contributed by atoms with Gasteiger partial charge in [-0.15, -0.1) is 0 Å². The molecule has 0 bridgehead atoms. The normalized spacial score (nSPS) is 12.3. The molecule has 26 heavy (non-hydrogen) atoms. The second kappa shape index (κ2) is 8.15. The molecule has 1 atom stereocenters. The topological polar surface area (TPSA) is 75.6 Å². The average molecular weight is 355 g/mol. The van der Waals surface area contributed by atoms with Gasteiger partial charge in [0.2, 0.25) is 0 Å². The Morgan fingerprint density at radius 3 is 1.96 bits per heavy atom. The van der Waals surface area contributed by atoms with Gasteiger partial charge in [0.25, 0.3) is 0 Å². The third kappa shape index (κ3) is 5.43. The molecule has 5 heteroatoms. The van der Waals surface area contributed by atoms with Gasteiger partial charge in [0.05, 0.1) is 12.6 Å². The molecule has 2 aromatic carbocycles. The highest BCUT2D eigenvalue weighted by Crippen LogP contribution is 2.17. The monoisotopic (exact) mass is 355 g/mol. The minimum atomic E-state index is -0.550. The van der Waals surface area contributed by atoms with Gasteiger partial charge in [0.15, 0.2) is 5.78 Å². The number of amides is 1. The van der Waals surface area contributed by atoms with Crippen LogP contribution >= 0.6 is 0 Å². The van der Waals surface area contributed by atoms with E-state index in [-0.39, 0.29) is 18.4 Å². The first kappa shape index (κ1) is 19.7. The molecule has 1 amide bonds. The van der Waals surface area contributed by atoms with E-state index in [1.165, 1.54) is 0 Å². The largest absolute Gasteiger partial charge is 0.444 e. The van der Waals surface area contributed by atoms with Crippen molar-refractivity contribution >= 4 is 11.9 Å². The second-order valence-corrected chi connectivity index (χ2v) is 7.17. The van der Waals surface area contributed by atoms with Crippen molar-refractivity contribution in [1.82, 2.24) is 5.32 Å². The predicted octanol–water partition coefficient (Wildman–Crippen LogP) is 4.00. The van der Waals surface area contributed by atoms with E-state index in [1.807, 2.05) is 39.8 Å². The summed E-state index contributed by atoms with van der Waals surface area (Å²) in [4.78, 5) is 24.4. The molecule has 0 radical (unpaired) electrons. The number of alkyl carbamates (subject to hydrolysis) is 1. The molecule has 0 aromatic heterocycles. The molecule has 0 heterocycles. The maximum absolute atomic E-state index is 12.5. The van der Waals surface area contributed by atoms with Crippen LogP contribution in [0.3, 0.4) is 0 Å². The molecule has 0 unspecified atom stereocenters. The smallest absolute Gasteiger partial charge is 0.408 e. The maximum Gasteiger partial charge on any atom is 0.408 e. The van der Waals surface area contributed by atoms with Crippen molar-refractivity contribution in [2.45, 2.75) is 45.9 Å². The Hall–Kier alpha value is -2.66. The summed E-state index contributed by atoms with van der Waals surface area (Å²) in [5.74, 6) is -0.0891. The molecule has 2 rings (SSSR count). The molecule has 0 aliphatic heterocycles. The quantitative estimate of drug-likeness (QED) is 0.795.